The molecule has 8 heteroatoms. The molecule has 2 aromatic carbocycles. The number of H-pyrrole nitrogens is 1. The topological polar surface area (TPSA) is 115 Å². The van der Waals surface area contributed by atoms with Gasteiger partial charge in [-0.15, -0.1) is 5.10 Å². The molecule has 0 radical (unpaired) electrons. The number of aromatic amines is 1. The van der Waals surface area contributed by atoms with Crippen LogP contribution in [-0.4, -0.2) is 32.1 Å². The summed E-state index contributed by atoms with van der Waals surface area (Å²) in [6.07, 6.45) is 0.648. The summed E-state index contributed by atoms with van der Waals surface area (Å²) in [5, 5.41) is 4.67. The average molecular weight is 417 g/mol. The number of aryl methyl sites for hydroxylation is 2. The van der Waals surface area contributed by atoms with E-state index in [-0.39, 0.29) is 5.56 Å². The lowest BCUT2D eigenvalue weighted by atomic mass is 10.0. The van der Waals surface area contributed by atoms with Crippen LogP contribution < -0.4 is 16.0 Å². The summed E-state index contributed by atoms with van der Waals surface area (Å²) in [5.41, 5.74) is 9.04. The zero-order valence-corrected chi connectivity index (χ0v) is 17.6. The SMILES string of the molecule is CCOc1ccc(-c2ccc(C(N)=O)cc2)cc1-c1nn2c(CC)nc(C)c2c(=O)[nH]1. The Balaban J connectivity index is 1.89. The molecule has 0 aliphatic heterocycles. The molecule has 0 unspecified atom stereocenters. The van der Waals surface area contributed by atoms with Crippen LogP contribution in [0.5, 0.6) is 5.75 Å². The molecule has 0 atom stereocenters. The summed E-state index contributed by atoms with van der Waals surface area (Å²) < 4.78 is 7.40. The van der Waals surface area contributed by atoms with Crippen molar-refractivity contribution in [1.29, 1.82) is 0 Å². The van der Waals surface area contributed by atoms with Gasteiger partial charge in [0.2, 0.25) is 5.91 Å². The summed E-state index contributed by atoms with van der Waals surface area (Å²) in [7, 11) is 0. The van der Waals surface area contributed by atoms with E-state index < -0.39 is 5.91 Å². The Hall–Kier alpha value is -3.94. The number of ether oxygens (including phenoxy) is 1. The second kappa shape index (κ2) is 8.06. The highest BCUT2D eigenvalue weighted by molar-refractivity contribution is 5.93. The van der Waals surface area contributed by atoms with Crippen LogP contribution in [0.4, 0.5) is 0 Å². The van der Waals surface area contributed by atoms with Gasteiger partial charge in [-0.25, -0.2) is 9.50 Å². The van der Waals surface area contributed by atoms with Crippen LogP contribution in [0.2, 0.25) is 0 Å². The van der Waals surface area contributed by atoms with Crippen molar-refractivity contribution in [3.63, 3.8) is 0 Å². The molecule has 0 aliphatic carbocycles. The monoisotopic (exact) mass is 417 g/mol. The van der Waals surface area contributed by atoms with Gasteiger partial charge in [-0.3, -0.25) is 9.59 Å². The van der Waals surface area contributed by atoms with Gasteiger partial charge in [0.15, 0.2) is 11.3 Å². The zero-order valence-electron chi connectivity index (χ0n) is 17.6. The largest absolute Gasteiger partial charge is 0.493 e. The second-order valence-corrected chi connectivity index (χ2v) is 7.12. The van der Waals surface area contributed by atoms with E-state index >= 15 is 0 Å². The first-order valence-electron chi connectivity index (χ1n) is 10.1. The molecular formula is C23H23N5O3. The molecule has 0 spiro atoms. The molecule has 1 amide bonds. The van der Waals surface area contributed by atoms with E-state index in [0.717, 1.165) is 17.0 Å². The predicted octanol–water partition coefficient (Wildman–Crippen LogP) is 3.12. The number of nitrogens with zero attached hydrogens (tertiary/aromatic N) is 3. The lowest BCUT2D eigenvalue weighted by molar-refractivity contribution is 0.100. The third kappa shape index (κ3) is 3.68. The fourth-order valence-corrected chi connectivity index (χ4v) is 3.59. The van der Waals surface area contributed by atoms with E-state index in [9.17, 15) is 9.59 Å². The molecule has 2 heterocycles. The standard InChI is InChI=1S/C23H23N5O3/c1-4-19-25-13(3)20-23(30)26-22(27-28(19)20)17-12-16(10-11-18(17)31-5-2)14-6-8-15(9-7-14)21(24)29/h6-12H,4-5H2,1-3H3,(H2,24,29)(H,26,27,30). The Morgan fingerprint density at radius 1 is 1.13 bits per heavy atom. The highest BCUT2D eigenvalue weighted by atomic mass is 16.5. The van der Waals surface area contributed by atoms with Gasteiger partial charge < -0.3 is 15.5 Å². The second-order valence-electron chi connectivity index (χ2n) is 7.12. The number of amides is 1. The van der Waals surface area contributed by atoms with E-state index in [1.165, 1.54) is 0 Å². The molecule has 3 N–H and O–H groups in total. The number of benzene rings is 2. The number of hydrogen-bond acceptors (Lipinski definition) is 5. The van der Waals surface area contributed by atoms with Gasteiger partial charge in [0.1, 0.15) is 11.6 Å². The fraction of sp³-hybridized carbons (Fsp3) is 0.217. The lowest BCUT2D eigenvalue weighted by Gasteiger charge is -2.12. The van der Waals surface area contributed by atoms with Crippen LogP contribution >= 0.6 is 0 Å². The molecule has 8 nitrogen and oxygen atoms in total. The molecule has 4 rings (SSSR count). The van der Waals surface area contributed by atoms with Crippen molar-refractivity contribution in [1.82, 2.24) is 19.6 Å². The van der Waals surface area contributed by atoms with E-state index in [4.69, 9.17) is 10.5 Å². The van der Waals surface area contributed by atoms with Gasteiger partial charge in [0.05, 0.1) is 17.9 Å². The van der Waals surface area contributed by atoms with Gasteiger partial charge in [0, 0.05) is 12.0 Å². The van der Waals surface area contributed by atoms with E-state index in [0.29, 0.717) is 46.9 Å². The van der Waals surface area contributed by atoms with Gasteiger partial charge in [-0.05, 0) is 49.2 Å². The highest BCUT2D eigenvalue weighted by Crippen LogP contribution is 2.32. The van der Waals surface area contributed by atoms with Crippen molar-refractivity contribution in [2.24, 2.45) is 5.73 Å². The third-order valence-electron chi connectivity index (χ3n) is 5.10. The van der Waals surface area contributed by atoms with Crippen LogP contribution in [0.3, 0.4) is 0 Å². The maximum atomic E-state index is 12.8. The maximum Gasteiger partial charge on any atom is 0.277 e. The number of primary amides is 1. The summed E-state index contributed by atoms with van der Waals surface area (Å²) >= 11 is 0. The zero-order chi connectivity index (χ0) is 22.1. The van der Waals surface area contributed by atoms with E-state index in [2.05, 4.69) is 15.1 Å². The minimum atomic E-state index is -0.476. The van der Waals surface area contributed by atoms with Crippen molar-refractivity contribution in [3.8, 4) is 28.3 Å². The number of carbonyl (C=O) groups excluding carboxylic acids is 1. The summed E-state index contributed by atoms with van der Waals surface area (Å²) in [6, 6.07) is 12.7. The number of rotatable bonds is 6. The summed E-state index contributed by atoms with van der Waals surface area (Å²) in [6.45, 7) is 6.14. The molecule has 0 fully saturated rings. The molecule has 0 bridgehead atoms. The quantitative estimate of drug-likeness (QED) is 0.500. The predicted molar refractivity (Wildman–Crippen MR) is 118 cm³/mol. The summed E-state index contributed by atoms with van der Waals surface area (Å²) in [5.74, 6) is 1.24. The number of imidazole rings is 1. The van der Waals surface area contributed by atoms with Gasteiger partial charge in [-0.1, -0.05) is 25.1 Å². The first-order chi connectivity index (χ1) is 14.9. The average Bonchev–Trinajstić information content (AvgIpc) is 3.10. The van der Waals surface area contributed by atoms with Crippen LogP contribution in [-0.2, 0) is 6.42 Å². The fourth-order valence-electron chi connectivity index (χ4n) is 3.59. The number of aromatic nitrogens is 4. The lowest BCUT2D eigenvalue weighted by Crippen LogP contribution is -2.15. The Morgan fingerprint density at radius 2 is 1.84 bits per heavy atom. The van der Waals surface area contributed by atoms with Gasteiger partial charge in [-0.2, -0.15) is 0 Å². The van der Waals surface area contributed by atoms with Crippen molar-refractivity contribution in [3.05, 3.63) is 69.9 Å². The van der Waals surface area contributed by atoms with Crippen molar-refractivity contribution in [2.45, 2.75) is 27.2 Å². The summed E-state index contributed by atoms with van der Waals surface area (Å²) in [4.78, 5) is 31.5. The highest BCUT2D eigenvalue weighted by Gasteiger charge is 2.17. The van der Waals surface area contributed by atoms with Crippen LogP contribution in [0.15, 0.2) is 47.3 Å². The minimum absolute atomic E-state index is 0.256. The molecule has 4 aromatic rings. The maximum absolute atomic E-state index is 12.8. The first-order valence-corrected chi connectivity index (χ1v) is 10.1. The smallest absolute Gasteiger partial charge is 0.277 e. The van der Waals surface area contributed by atoms with E-state index in [1.807, 2.05) is 44.2 Å². The number of hydrogen-bond donors (Lipinski definition) is 2. The molecule has 158 valence electrons. The Kier molecular flexibility index (Phi) is 5.29. The Labute approximate surface area is 178 Å². The van der Waals surface area contributed by atoms with Crippen molar-refractivity contribution < 1.29 is 9.53 Å². The van der Waals surface area contributed by atoms with Crippen molar-refractivity contribution in [2.75, 3.05) is 6.61 Å². The molecule has 0 saturated heterocycles. The van der Waals surface area contributed by atoms with Crippen molar-refractivity contribution >= 4 is 11.4 Å². The third-order valence-corrected chi connectivity index (χ3v) is 5.10. The number of carbonyl (C=O) groups is 1. The number of nitrogens with two attached hydrogens (primary N) is 1. The van der Waals surface area contributed by atoms with Gasteiger partial charge in [0.25, 0.3) is 5.56 Å². The van der Waals surface area contributed by atoms with Crippen LogP contribution in [0, 0.1) is 6.92 Å². The molecule has 0 saturated carbocycles. The first kappa shape index (κ1) is 20.3. The van der Waals surface area contributed by atoms with Crippen LogP contribution in [0.25, 0.3) is 28.0 Å². The Bertz CT molecular complexity index is 1340. The molecular weight excluding hydrogens is 394 g/mol. The van der Waals surface area contributed by atoms with Gasteiger partial charge >= 0.3 is 0 Å². The van der Waals surface area contributed by atoms with E-state index in [1.54, 1.807) is 23.6 Å². The minimum Gasteiger partial charge on any atom is -0.493 e. The van der Waals surface area contributed by atoms with Crippen LogP contribution in [0.1, 0.15) is 35.7 Å². The number of fused-ring (bicyclic) bond motifs is 1. The Morgan fingerprint density at radius 3 is 2.48 bits per heavy atom. The molecule has 31 heavy (non-hydrogen) atoms. The normalized spacial score (nSPS) is 11.1. The number of nitrogens with one attached hydrogen (secondary N) is 1. The molecule has 2 aromatic heterocycles. The molecule has 0 aliphatic rings.